The molecule has 1 aromatic rings. The van der Waals surface area contributed by atoms with E-state index in [-0.39, 0.29) is 0 Å². The molecule has 20 heavy (non-hydrogen) atoms. The highest BCUT2D eigenvalue weighted by molar-refractivity contribution is 5.74. The first-order chi connectivity index (χ1) is 9.31. The van der Waals surface area contributed by atoms with Gasteiger partial charge in [0.05, 0.1) is 5.41 Å². The van der Waals surface area contributed by atoms with E-state index in [0.717, 1.165) is 22.6 Å². The predicted octanol–water partition coefficient (Wildman–Crippen LogP) is 3.23. The Morgan fingerprint density at radius 2 is 1.80 bits per heavy atom. The quantitative estimate of drug-likeness (QED) is 0.918. The van der Waals surface area contributed by atoms with Crippen LogP contribution in [0.1, 0.15) is 44.7 Å². The maximum absolute atomic E-state index is 11.3. The van der Waals surface area contributed by atoms with Gasteiger partial charge in [0.15, 0.2) is 11.5 Å². The summed E-state index contributed by atoms with van der Waals surface area (Å²) in [5.41, 5.74) is 1.35. The molecule has 1 N–H and O–H groups in total. The fourth-order valence-corrected chi connectivity index (χ4v) is 2.39. The molecule has 1 aliphatic heterocycles. The number of fused-ring (bicyclic) bond motifs is 1. The summed E-state index contributed by atoms with van der Waals surface area (Å²) in [7, 11) is 0. The number of rotatable bonds is 4. The van der Waals surface area contributed by atoms with Crippen LogP contribution in [-0.2, 0) is 11.2 Å². The molecule has 0 saturated heterocycles. The first-order valence-corrected chi connectivity index (χ1v) is 6.97. The van der Waals surface area contributed by atoms with Gasteiger partial charge in [-0.2, -0.15) is 0 Å². The minimum Gasteiger partial charge on any atom is -0.486 e. The predicted molar refractivity (Wildman–Crippen MR) is 76.6 cm³/mol. The summed E-state index contributed by atoms with van der Waals surface area (Å²) in [6.45, 7) is 8.79. The van der Waals surface area contributed by atoms with Gasteiger partial charge >= 0.3 is 5.97 Å². The molecular weight excluding hydrogens is 256 g/mol. The number of hydrogen-bond acceptors (Lipinski definition) is 3. The van der Waals surface area contributed by atoms with Crippen molar-refractivity contribution in [2.24, 2.45) is 5.41 Å². The van der Waals surface area contributed by atoms with Crippen LogP contribution in [0.25, 0.3) is 0 Å². The molecule has 1 aliphatic rings. The van der Waals surface area contributed by atoms with Crippen molar-refractivity contribution in [1.29, 1.82) is 0 Å². The van der Waals surface area contributed by atoms with Crippen LogP contribution in [0.15, 0.2) is 12.1 Å². The van der Waals surface area contributed by atoms with E-state index >= 15 is 0 Å². The lowest BCUT2D eigenvalue weighted by Crippen LogP contribution is -2.27. The molecular formula is C16H22O4. The van der Waals surface area contributed by atoms with Crippen molar-refractivity contribution in [3.8, 4) is 11.5 Å². The zero-order valence-electron chi connectivity index (χ0n) is 12.5. The molecule has 0 amide bonds. The summed E-state index contributed by atoms with van der Waals surface area (Å²) in [5, 5.41) is 9.31. The van der Waals surface area contributed by atoms with Gasteiger partial charge in [0.1, 0.15) is 13.2 Å². The van der Waals surface area contributed by atoms with Crippen molar-refractivity contribution < 1.29 is 19.4 Å². The van der Waals surface area contributed by atoms with Crippen molar-refractivity contribution in [3.05, 3.63) is 23.3 Å². The number of benzene rings is 1. The highest BCUT2D eigenvalue weighted by atomic mass is 16.6. The number of carbonyl (C=O) groups is 1. The van der Waals surface area contributed by atoms with E-state index in [2.05, 4.69) is 13.8 Å². The van der Waals surface area contributed by atoms with E-state index in [1.165, 1.54) is 0 Å². The third-order valence-corrected chi connectivity index (χ3v) is 3.64. The van der Waals surface area contributed by atoms with Crippen LogP contribution in [0.5, 0.6) is 11.5 Å². The Hall–Kier alpha value is -1.71. The van der Waals surface area contributed by atoms with Crippen LogP contribution in [0.3, 0.4) is 0 Å². The first-order valence-electron chi connectivity index (χ1n) is 6.97. The van der Waals surface area contributed by atoms with Gasteiger partial charge in [-0.05, 0) is 49.4 Å². The maximum atomic E-state index is 11.3. The van der Waals surface area contributed by atoms with Gasteiger partial charge < -0.3 is 14.6 Å². The number of aliphatic carboxylic acids is 1. The Morgan fingerprint density at radius 1 is 1.25 bits per heavy atom. The van der Waals surface area contributed by atoms with Crippen molar-refractivity contribution in [1.82, 2.24) is 0 Å². The van der Waals surface area contributed by atoms with Crippen LogP contribution in [0.4, 0.5) is 0 Å². The summed E-state index contributed by atoms with van der Waals surface area (Å²) >= 11 is 0. The van der Waals surface area contributed by atoms with Crippen molar-refractivity contribution in [2.75, 3.05) is 13.2 Å². The zero-order valence-corrected chi connectivity index (χ0v) is 12.5. The smallest absolute Gasteiger partial charge is 0.309 e. The van der Waals surface area contributed by atoms with Gasteiger partial charge in [0.25, 0.3) is 0 Å². The van der Waals surface area contributed by atoms with E-state index in [1.807, 2.05) is 12.1 Å². The first kappa shape index (κ1) is 14.7. The Morgan fingerprint density at radius 3 is 2.30 bits per heavy atom. The monoisotopic (exact) mass is 278 g/mol. The van der Waals surface area contributed by atoms with Crippen molar-refractivity contribution in [2.45, 2.75) is 40.0 Å². The molecule has 1 heterocycles. The van der Waals surface area contributed by atoms with Crippen LogP contribution in [-0.4, -0.2) is 24.3 Å². The van der Waals surface area contributed by atoms with Crippen LogP contribution in [0.2, 0.25) is 0 Å². The fraction of sp³-hybridized carbons (Fsp3) is 0.562. The van der Waals surface area contributed by atoms with Gasteiger partial charge in [0.2, 0.25) is 0 Å². The molecule has 0 bridgehead atoms. The lowest BCUT2D eigenvalue weighted by molar-refractivity contribution is -0.146. The Balaban J connectivity index is 2.42. The zero-order chi connectivity index (χ0) is 14.9. The molecule has 0 spiro atoms. The molecule has 0 radical (unpaired) electrons. The van der Waals surface area contributed by atoms with E-state index in [1.54, 1.807) is 13.8 Å². The van der Waals surface area contributed by atoms with Gasteiger partial charge in [-0.15, -0.1) is 0 Å². The molecule has 0 aromatic heterocycles. The molecule has 0 saturated carbocycles. The van der Waals surface area contributed by atoms with Crippen molar-refractivity contribution >= 4 is 5.97 Å². The highest BCUT2D eigenvalue weighted by Gasteiger charge is 2.29. The van der Waals surface area contributed by atoms with Crippen molar-refractivity contribution in [3.63, 3.8) is 0 Å². The van der Waals surface area contributed by atoms with E-state index in [9.17, 15) is 9.90 Å². The van der Waals surface area contributed by atoms with Gasteiger partial charge in [0, 0.05) is 0 Å². The largest absolute Gasteiger partial charge is 0.486 e. The van der Waals surface area contributed by atoms with Crippen LogP contribution in [0, 0.1) is 5.41 Å². The van der Waals surface area contributed by atoms with E-state index in [4.69, 9.17) is 9.47 Å². The van der Waals surface area contributed by atoms with E-state index in [0.29, 0.717) is 25.6 Å². The Bertz CT molecular complexity index is 517. The standard InChI is InChI=1S/C16H22O4/c1-10(2)12-8-14-13(19-5-6-20-14)7-11(12)9-16(3,4)15(17)18/h7-8,10H,5-6,9H2,1-4H3,(H,17,18). The summed E-state index contributed by atoms with van der Waals surface area (Å²) in [6.07, 6.45) is 0.479. The topological polar surface area (TPSA) is 55.8 Å². The number of ether oxygens (including phenoxy) is 2. The second-order valence-corrected chi connectivity index (χ2v) is 6.22. The minimum atomic E-state index is -0.798. The third kappa shape index (κ3) is 2.89. The molecule has 0 aliphatic carbocycles. The maximum Gasteiger partial charge on any atom is 0.309 e. The normalized spacial score (nSPS) is 14.4. The van der Waals surface area contributed by atoms with Gasteiger partial charge in [-0.3, -0.25) is 4.79 Å². The molecule has 4 heteroatoms. The molecule has 4 nitrogen and oxygen atoms in total. The molecule has 1 aromatic carbocycles. The Kier molecular flexibility index (Phi) is 3.93. The fourth-order valence-electron chi connectivity index (χ4n) is 2.39. The number of hydrogen-bond donors (Lipinski definition) is 1. The van der Waals surface area contributed by atoms with Gasteiger partial charge in [-0.25, -0.2) is 0 Å². The second-order valence-electron chi connectivity index (χ2n) is 6.22. The minimum absolute atomic E-state index is 0.311. The lowest BCUT2D eigenvalue weighted by Gasteiger charge is -2.26. The van der Waals surface area contributed by atoms with E-state index < -0.39 is 11.4 Å². The van der Waals surface area contributed by atoms with Gasteiger partial charge in [-0.1, -0.05) is 13.8 Å². The van der Waals surface area contributed by atoms with Crippen LogP contribution < -0.4 is 9.47 Å². The number of carboxylic acid groups (broad SMARTS) is 1. The molecule has 2 rings (SSSR count). The SMILES string of the molecule is CC(C)c1cc2c(cc1CC(C)(C)C(=O)O)OCCO2. The highest BCUT2D eigenvalue weighted by Crippen LogP contribution is 2.38. The average Bonchev–Trinajstić information content (AvgIpc) is 2.37. The summed E-state index contributed by atoms with van der Waals surface area (Å²) in [4.78, 5) is 11.3. The second kappa shape index (κ2) is 5.35. The molecule has 0 fully saturated rings. The molecule has 0 atom stereocenters. The summed E-state index contributed by atoms with van der Waals surface area (Å²) in [5.74, 6) is 1.00. The summed E-state index contributed by atoms with van der Waals surface area (Å²) in [6, 6.07) is 3.93. The lowest BCUT2D eigenvalue weighted by atomic mass is 9.82. The van der Waals surface area contributed by atoms with Crippen LogP contribution >= 0.6 is 0 Å². The molecule has 0 unspecified atom stereocenters. The molecule has 110 valence electrons. The number of carboxylic acids is 1. The third-order valence-electron chi connectivity index (χ3n) is 3.64. The Labute approximate surface area is 119 Å². The average molecular weight is 278 g/mol. The summed E-state index contributed by atoms with van der Waals surface area (Å²) < 4.78 is 11.2.